The zero-order chi connectivity index (χ0) is 17.2. The average molecular weight is 344 g/mol. The van der Waals surface area contributed by atoms with E-state index in [0.29, 0.717) is 0 Å². The Morgan fingerprint density at radius 3 is 1.28 bits per heavy atom. The van der Waals surface area contributed by atoms with Gasteiger partial charge in [-0.25, -0.2) is 0 Å². The van der Waals surface area contributed by atoms with Crippen LogP contribution in [0.4, 0.5) is 0 Å². The Hall–Kier alpha value is -3.04. The zero-order valence-corrected chi connectivity index (χ0v) is 14.2. The van der Waals surface area contributed by atoms with Crippen LogP contribution >= 0.6 is 11.3 Å². The van der Waals surface area contributed by atoms with Gasteiger partial charge < -0.3 is 10.2 Å². The van der Waals surface area contributed by atoms with Crippen LogP contribution in [0.3, 0.4) is 0 Å². The topological polar surface area (TPSA) is 40.5 Å². The van der Waals surface area contributed by atoms with E-state index in [0.717, 1.165) is 31.0 Å². The number of hydrogen-bond donors (Lipinski definition) is 2. The molecule has 0 atom stereocenters. The summed E-state index contributed by atoms with van der Waals surface area (Å²) in [6.45, 7) is 0. The molecule has 0 spiro atoms. The molecular formula is C22H16O2S. The van der Waals surface area contributed by atoms with Crippen molar-refractivity contribution in [1.29, 1.82) is 0 Å². The summed E-state index contributed by atoms with van der Waals surface area (Å²) in [5.41, 5.74) is 1.53. The molecular weight excluding hydrogens is 328 g/mol. The summed E-state index contributed by atoms with van der Waals surface area (Å²) >= 11 is 1.40. The van der Waals surface area contributed by atoms with Crippen molar-refractivity contribution in [3.63, 3.8) is 0 Å². The SMILES string of the molecule is OC(c1ccccc1)=c1sc(=C(O)c2ccccc2)c2ccccc12. The van der Waals surface area contributed by atoms with Gasteiger partial charge in [0.1, 0.15) is 11.5 Å². The van der Waals surface area contributed by atoms with Crippen LogP contribution in [0.25, 0.3) is 22.3 Å². The summed E-state index contributed by atoms with van der Waals surface area (Å²) in [4.78, 5) is 0. The van der Waals surface area contributed by atoms with Gasteiger partial charge in [-0.2, -0.15) is 0 Å². The summed E-state index contributed by atoms with van der Waals surface area (Å²) in [7, 11) is 0. The Morgan fingerprint density at radius 2 is 0.880 bits per heavy atom. The number of thiophene rings is 1. The van der Waals surface area contributed by atoms with Crippen molar-refractivity contribution in [3.8, 4) is 0 Å². The highest BCUT2D eigenvalue weighted by Gasteiger charge is 2.10. The molecule has 0 aliphatic rings. The largest absolute Gasteiger partial charge is 0.506 e. The third kappa shape index (κ3) is 2.79. The van der Waals surface area contributed by atoms with Crippen molar-refractivity contribution in [1.82, 2.24) is 0 Å². The van der Waals surface area contributed by atoms with E-state index in [1.807, 2.05) is 84.9 Å². The van der Waals surface area contributed by atoms with Gasteiger partial charge in [-0.3, -0.25) is 0 Å². The first-order chi connectivity index (χ1) is 12.3. The van der Waals surface area contributed by atoms with Crippen LogP contribution in [0.1, 0.15) is 11.1 Å². The molecule has 1 aromatic heterocycles. The molecule has 2 N–H and O–H groups in total. The molecule has 0 bridgehead atoms. The number of hydrogen-bond acceptors (Lipinski definition) is 3. The Morgan fingerprint density at radius 1 is 0.520 bits per heavy atom. The monoisotopic (exact) mass is 344 g/mol. The van der Waals surface area contributed by atoms with Crippen LogP contribution in [0.5, 0.6) is 0 Å². The van der Waals surface area contributed by atoms with Crippen molar-refractivity contribution >= 4 is 33.6 Å². The van der Waals surface area contributed by atoms with E-state index in [-0.39, 0.29) is 11.5 Å². The summed E-state index contributed by atoms with van der Waals surface area (Å²) in [5, 5.41) is 23.5. The Balaban J connectivity index is 2.11. The third-order valence-electron chi connectivity index (χ3n) is 4.15. The second-order valence-electron chi connectivity index (χ2n) is 5.74. The number of rotatable bonds is 2. The van der Waals surface area contributed by atoms with Crippen molar-refractivity contribution in [2.75, 3.05) is 0 Å². The number of aliphatic hydroxyl groups is 2. The molecule has 0 saturated carbocycles. The highest BCUT2D eigenvalue weighted by Crippen LogP contribution is 2.16. The fraction of sp³-hybridized carbons (Fsp3) is 0. The molecule has 3 aromatic carbocycles. The quantitative estimate of drug-likeness (QED) is 0.568. The zero-order valence-electron chi connectivity index (χ0n) is 13.4. The fourth-order valence-electron chi connectivity index (χ4n) is 2.90. The summed E-state index contributed by atoms with van der Waals surface area (Å²) in [6.07, 6.45) is 0. The lowest BCUT2D eigenvalue weighted by Crippen LogP contribution is -2.04. The molecule has 0 radical (unpaired) electrons. The number of aliphatic hydroxyl groups excluding tert-OH is 2. The molecule has 0 fully saturated rings. The molecule has 0 amide bonds. The first-order valence-electron chi connectivity index (χ1n) is 8.00. The van der Waals surface area contributed by atoms with Gasteiger partial charge in [0.2, 0.25) is 0 Å². The highest BCUT2D eigenvalue weighted by molar-refractivity contribution is 7.09. The summed E-state index contributed by atoms with van der Waals surface area (Å²) < 4.78 is 1.53. The van der Waals surface area contributed by atoms with Gasteiger partial charge in [0.05, 0.1) is 9.06 Å². The second kappa shape index (κ2) is 6.46. The van der Waals surface area contributed by atoms with Gasteiger partial charge >= 0.3 is 0 Å². The van der Waals surface area contributed by atoms with Gasteiger partial charge in [0, 0.05) is 21.9 Å². The van der Waals surface area contributed by atoms with Crippen LogP contribution in [-0.2, 0) is 0 Å². The van der Waals surface area contributed by atoms with Crippen molar-refractivity contribution < 1.29 is 10.2 Å². The predicted molar refractivity (Wildman–Crippen MR) is 104 cm³/mol. The third-order valence-corrected chi connectivity index (χ3v) is 5.38. The maximum absolute atomic E-state index is 10.8. The number of fused-ring (bicyclic) bond motifs is 1. The summed E-state index contributed by atoms with van der Waals surface area (Å²) in [6, 6.07) is 26.8. The molecule has 3 heteroatoms. The first-order valence-corrected chi connectivity index (χ1v) is 8.82. The lowest BCUT2D eigenvalue weighted by atomic mass is 10.1. The molecule has 2 nitrogen and oxygen atoms in total. The minimum atomic E-state index is 0.230. The van der Waals surface area contributed by atoms with E-state index in [2.05, 4.69) is 0 Å². The molecule has 122 valence electrons. The van der Waals surface area contributed by atoms with Crippen molar-refractivity contribution in [2.45, 2.75) is 0 Å². The standard InChI is InChI=1S/C22H16O2S/c23-19(15-9-3-1-4-10-15)21-17-13-7-8-14-18(17)22(25-21)20(24)16-11-5-2-6-12-16/h1-14,23-24H. The Kier molecular flexibility index (Phi) is 4.00. The average Bonchev–Trinajstić information content (AvgIpc) is 3.08. The van der Waals surface area contributed by atoms with Crippen LogP contribution in [0, 0.1) is 0 Å². The van der Waals surface area contributed by atoms with E-state index in [9.17, 15) is 10.2 Å². The molecule has 4 aromatic rings. The van der Waals surface area contributed by atoms with Crippen LogP contribution in [0.2, 0.25) is 0 Å². The molecule has 0 aliphatic carbocycles. The smallest absolute Gasteiger partial charge is 0.140 e. The minimum Gasteiger partial charge on any atom is -0.506 e. The van der Waals surface area contributed by atoms with Crippen LogP contribution < -0.4 is 9.06 Å². The molecule has 25 heavy (non-hydrogen) atoms. The maximum Gasteiger partial charge on any atom is 0.140 e. The first kappa shape index (κ1) is 15.5. The van der Waals surface area contributed by atoms with E-state index < -0.39 is 0 Å². The lowest BCUT2D eigenvalue weighted by molar-refractivity contribution is 0.509. The Bertz CT molecular complexity index is 1050. The second-order valence-corrected chi connectivity index (χ2v) is 6.76. The van der Waals surface area contributed by atoms with Crippen LogP contribution in [0.15, 0.2) is 84.9 Å². The predicted octanol–water partition coefficient (Wildman–Crippen LogP) is 4.33. The van der Waals surface area contributed by atoms with Gasteiger partial charge in [0.15, 0.2) is 0 Å². The normalized spacial score (nSPS) is 13.6. The van der Waals surface area contributed by atoms with Crippen molar-refractivity contribution in [3.05, 3.63) is 105 Å². The van der Waals surface area contributed by atoms with Gasteiger partial charge in [-0.1, -0.05) is 84.9 Å². The van der Waals surface area contributed by atoms with E-state index in [4.69, 9.17) is 0 Å². The van der Waals surface area contributed by atoms with E-state index >= 15 is 0 Å². The van der Waals surface area contributed by atoms with E-state index in [1.165, 1.54) is 11.3 Å². The highest BCUT2D eigenvalue weighted by atomic mass is 32.1. The summed E-state index contributed by atoms with van der Waals surface area (Å²) in [5.74, 6) is 0.461. The minimum absolute atomic E-state index is 0.230. The van der Waals surface area contributed by atoms with Gasteiger partial charge in [-0.15, -0.1) is 11.3 Å². The fourth-order valence-corrected chi connectivity index (χ4v) is 4.11. The maximum atomic E-state index is 10.8. The van der Waals surface area contributed by atoms with E-state index in [1.54, 1.807) is 0 Å². The molecule has 0 saturated heterocycles. The Labute approximate surface area is 149 Å². The molecule has 0 unspecified atom stereocenters. The van der Waals surface area contributed by atoms with Crippen molar-refractivity contribution in [2.24, 2.45) is 0 Å². The molecule has 4 rings (SSSR count). The van der Waals surface area contributed by atoms with Gasteiger partial charge in [0.25, 0.3) is 0 Å². The van der Waals surface area contributed by atoms with Crippen LogP contribution in [-0.4, -0.2) is 10.2 Å². The molecule has 0 aliphatic heterocycles. The van der Waals surface area contributed by atoms with Gasteiger partial charge in [-0.05, 0) is 0 Å². The molecule has 1 heterocycles. The number of benzene rings is 3. The lowest BCUT2D eigenvalue weighted by Gasteiger charge is -1.98.